The Bertz CT molecular complexity index is 1350. The molecule has 4 rings (SSSR count). The maximum atomic E-state index is 12.4. The number of aromatic nitrogens is 1. The Labute approximate surface area is 204 Å². The lowest BCUT2D eigenvalue weighted by Crippen LogP contribution is -2.16. The standard InChI is InChI=1S/C28H25N3O4/c1-4-17-33-26-8-6-5-7-22(26)18-29-30-28(32)27-16-15-25(35-27)19-34-24-13-11-23(12-14-24)31-20(2)9-10-21(31)3/h1,5-16,18H,17,19H2,2-3H3,(H,30,32)/b29-18+. The molecule has 0 aliphatic heterocycles. The number of hydrogen-bond acceptors (Lipinski definition) is 5. The Kier molecular flexibility index (Phi) is 7.34. The molecular formula is C28H25N3O4. The highest BCUT2D eigenvalue weighted by atomic mass is 16.5. The zero-order chi connectivity index (χ0) is 24.6. The summed E-state index contributed by atoms with van der Waals surface area (Å²) in [4.78, 5) is 12.4. The predicted molar refractivity (Wildman–Crippen MR) is 134 cm³/mol. The van der Waals surface area contributed by atoms with Crippen molar-refractivity contribution < 1.29 is 18.7 Å². The molecule has 176 valence electrons. The van der Waals surface area contributed by atoms with E-state index in [0.717, 1.165) is 5.69 Å². The lowest BCUT2D eigenvalue weighted by atomic mass is 10.2. The first-order valence-electron chi connectivity index (χ1n) is 11.0. The van der Waals surface area contributed by atoms with Crippen molar-refractivity contribution in [3.05, 3.63) is 101 Å². The van der Waals surface area contributed by atoms with E-state index >= 15 is 0 Å². The van der Waals surface area contributed by atoms with Gasteiger partial charge in [0.2, 0.25) is 0 Å². The van der Waals surface area contributed by atoms with Gasteiger partial charge in [-0.15, -0.1) is 6.42 Å². The van der Waals surface area contributed by atoms with Crippen LogP contribution in [-0.4, -0.2) is 23.3 Å². The van der Waals surface area contributed by atoms with Crippen LogP contribution in [0.1, 0.15) is 33.3 Å². The van der Waals surface area contributed by atoms with Gasteiger partial charge in [0.1, 0.15) is 30.5 Å². The van der Waals surface area contributed by atoms with Gasteiger partial charge < -0.3 is 18.5 Å². The number of furan rings is 1. The van der Waals surface area contributed by atoms with E-state index in [4.69, 9.17) is 20.3 Å². The van der Waals surface area contributed by atoms with Crippen molar-refractivity contribution in [2.45, 2.75) is 20.5 Å². The Balaban J connectivity index is 1.31. The highest BCUT2D eigenvalue weighted by molar-refractivity contribution is 5.92. The van der Waals surface area contributed by atoms with Gasteiger partial charge in [0.15, 0.2) is 5.76 Å². The molecule has 35 heavy (non-hydrogen) atoms. The van der Waals surface area contributed by atoms with Gasteiger partial charge in [-0.25, -0.2) is 5.43 Å². The number of nitrogens with zero attached hydrogens (tertiary/aromatic N) is 2. The number of amides is 1. The average molecular weight is 468 g/mol. The van der Waals surface area contributed by atoms with Crippen molar-refractivity contribution >= 4 is 12.1 Å². The van der Waals surface area contributed by atoms with Crippen molar-refractivity contribution in [3.8, 4) is 29.5 Å². The van der Waals surface area contributed by atoms with Crippen LogP contribution in [0.15, 0.2) is 82.3 Å². The molecule has 7 nitrogen and oxygen atoms in total. The predicted octanol–water partition coefficient (Wildman–Crippen LogP) is 5.04. The van der Waals surface area contributed by atoms with E-state index in [-0.39, 0.29) is 19.0 Å². The topological polar surface area (TPSA) is 78.0 Å². The van der Waals surface area contributed by atoms with Gasteiger partial charge in [0, 0.05) is 22.6 Å². The first-order valence-corrected chi connectivity index (χ1v) is 11.0. The lowest BCUT2D eigenvalue weighted by Gasteiger charge is -2.10. The van der Waals surface area contributed by atoms with Crippen molar-refractivity contribution in [3.63, 3.8) is 0 Å². The normalized spacial score (nSPS) is 10.8. The van der Waals surface area contributed by atoms with Gasteiger partial charge in [-0.3, -0.25) is 4.79 Å². The Morgan fingerprint density at radius 3 is 2.51 bits per heavy atom. The smallest absolute Gasteiger partial charge is 0.307 e. The molecule has 2 heterocycles. The fourth-order valence-corrected chi connectivity index (χ4v) is 3.55. The summed E-state index contributed by atoms with van der Waals surface area (Å²) in [5.74, 6) is 3.87. The fourth-order valence-electron chi connectivity index (χ4n) is 3.55. The second kappa shape index (κ2) is 10.9. The molecule has 0 bridgehead atoms. The molecule has 0 unspecified atom stereocenters. The molecule has 0 radical (unpaired) electrons. The van der Waals surface area contributed by atoms with Gasteiger partial charge in [-0.2, -0.15) is 5.10 Å². The van der Waals surface area contributed by atoms with E-state index < -0.39 is 5.91 Å². The number of terminal acetylenes is 1. The molecule has 7 heteroatoms. The van der Waals surface area contributed by atoms with Crippen LogP contribution in [-0.2, 0) is 6.61 Å². The third kappa shape index (κ3) is 5.81. The number of rotatable bonds is 9. The summed E-state index contributed by atoms with van der Waals surface area (Å²) in [6.45, 7) is 4.48. The minimum absolute atomic E-state index is 0.131. The van der Waals surface area contributed by atoms with Crippen LogP contribution in [0.5, 0.6) is 11.5 Å². The maximum Gasteiger partial charge on any atom is 0.307 e. The first kappa shape index (κ1) is 23.5. The highest BCUT2D eigenvalue weighted by Gasteiger charge is 2.11. The molecule has 4 aromatic rings. The number of carbonyl (C=O) groups is 1. The van der Waals surface area contributed by atoms with Crippen molar-refractivity contribution in [2.75, 3.05) is 6.61 Å². The zero-order valence-electron chi connectivity index (χ0n) is 19.5. The summed E-state index contributed by atoms with van der Waals surface area (Å²) in [6.07, 6.45) is 6.72. The minimum Gasteiger partial charge on any atom is -0.486 e. The summed E-state index contributed by atoms with van der Waals surface area (Å²) in [7, 11) is 0. The van der Waals surface area contributed by atoms with Gasteiger partial charge in [0.05, 0.1) is 6.21 Å². The van der Waals surface area contributed by atoms with E-state index in [1.54, 1.807) is 24.3 Å². The largest absolute Gasteiger partial charge is 0.486 e. The van der Waals surface area contributed by atoms with E-state index in [9.17, 15) is 4.79 Å². The molecule has 0 atom stereocenters. The summed E-state index contributed by atoms with van der Waals surface area (Å²) in [5.41, 5.74) is 6.54. The molecule has 0 saturated carbocycles. The molecule has 0 aliphatic carbocycles. The van der Waals surface area contributed by atoms with Gasteiger partial charge >= 0.3 is 5.91 Å². The van der Waals surface area contributed by atoms with Crippen LogP contribution in [0, 0.1) is 26.2 Å². The third-order valence-electron chi connectivity index (χ3n) is 5.23. The molecule has 0 spiro atoms. The summed E-state index contributed by atoms with van der Waals surface area (Å²) in [6, 6.07) is 22.5. The Hall–Kier alpha value is -4.70. The number of hydrogen-bond donors (Lipinski definition) is 1. The number of para-hydroxylation sites is 1. The van der Waals surface area contributed by atoms with Crippen molar-refractivity contribution in [2.24, 2.45) is 5.10 Å². The summed E-state index contributed by atoms with van der Waals surface area (Å²) >= 11 is 0. The SMILES string of the molecule is C#CCOc1ccccc1/C=N/NC(=O)c1ccc(COc2ccc(-n3c(C)ccc3C)cc2)o1. The van der Waals surface area contributed by atoms with Crippen LogP contribution in [0.2, 0.25) is 0 Å². The molecule has 0 fully saturated rings. The minimum atomic E-state index is -0.476. The van der Waals surface area contributed by atoms with Crippen LogP contribution >= 0.6 is 0 Å². The Morgan fingerprint density at radius 1 is 1.03 bits per heavy atom. The second-order valence-corrected chi connectivity index (χ2v) is 7.73. The average Bonchev–Trinajstić information content (AvgIpc) is 3.48. The van der Waals surface area contributed by atoms with Crippen LogP contribution in [0.3, 0.4) is 0 Å². The van der Waals surface area contributed by atoms with Crippen LogP contribution in [0.4, 0.5) is 0 Å². The van der Waals surface area contributed by atoms with Crippen molar-refractivity contribution in [1.82, 2.24) is 9.99 Å². The number of carbonyl (C=O) groups excluding carboxylic acids is 1. The Morgan fingerprint density at radius 2 is 1.77 bits per heavy atom. The van der Waals surface area contributed by atoms with E-state index in [0.29, 0.717) is 22.8 Å². The van der Waals surface area contributed by atoms with E-state index in [2.05, 4.69) is 47.0 Å². The molecule has 1 amide bonds. The van der Waals surface area contributed by atoms with Crippen LogP contribution < -0.4 is 14.9 Å². The summed E-state index contributed by atoms with van der Waals surface area (Å²) in [5, 5.41) is 3.98. The molecule has 0 saturated heterocycles. The second-order valence-electron chi connectivity index (χ2n) is 7.73. The fraction of sp³-hybridized carbons (Fsp3) is 0.143. The quantitative estimate of drug-likeness (QED) is 0.212. The number of nitrogens with one attached hydrogen (secondary N) is 1. The van der Waals surface area contributed by atoms with Crippen LogP contribution in [0.25, 0.3) is 5.69 Å². The number of benzene rings is 2. The van der Waals surface area contributed by atoms with E-state index in [1.807, 2.05) is 36.4 Å². The first-order chi connectivity index (χ1) is 17.0. The summed E-state index contributed by atoms with van der Waals surface area (Å²) < 4.78 is 19.0. The maximum absolute atomic E-state index is 12.4. The lowest BCUT2D eigenvalue weighted by molar-refractivity contribution is 0.0923. The number of aryl methyl sites for hydroxylation is 2. The van der Waals surface area contributed by atoms with Crippen molar-refractivity contribution in [1.29, 1.82) is 0 Å². The van der Waals surface area contributed by atoms with Gasteiger partial charge in [0.25, 0.3) is 0 Å². The van der Waals surface area contributed by atoms with E-state index in [1.165, 1.54) is 17.6 Å². The molecular weight excluding hydrogens is 442 g/mol. The number of ether oxygens (including phenoxy) is 2. The van der Waals surface area contributed by atoms with Gasteiger partial charge in [-0.1, -0.05) is 18.1 Å². The molecule has 1 N–H and O–H groups in total. The van der Waals surface area contributed by atoms with Gasteiger partial charge in [-0.05, 0) is 74.5 Å². The zero-order valence-corrected chi connectivity index (χ0v) is 19.5. The number of hydrazone groups is 1. The molecule has 2 aromatic heterocycles. The highest BCUT2D eigenvalue weighted by Crippen LogP contribution is 2.21. The molecule has 0 aliphatic rings. The molecule has 2 aromatic carbocycles. The third-order valence-corrected chi connectivity index (χ3v) is 5.23. The monoisotopic (exact) mass is 467 g/mol.